The number of piperazine rings is 1. The predicted octanol–water partition coefficient (Wildman–Crippen LogP) is 4.55. The van der Waals surface area contributed by atoms with Crippen LogP contribution in [0, 0.1) is 11.7 Å². The first kappa shape index (κ1) is 20.6. The van der Waals surface area contributed by atoms with Crippen LogP contribution in [0.4, 0.5) is 5.69 Å². The van der Waals surface area contributed by atoms with Crippen molar-refractivity contribution in [3.63, 3.8) is 0 Å². The molecule has 6 nitrogen and oxygen atoms in total. The van der Waals surface area contributed by atoms with Crippen molar-refractivity contribution in [1.82, 2.24) is 24.2 Å². The van der Waals surface area contributed by atoms with Crippen LogP contribution < -0.4 is 4.90 Å². The summed E-state index contributed by atoms with van der Waals surface area (Å²) >= 11 is 5.93. The van der Waals surface area contributed by atoms with Gasteiger partial charge in [0, 0.05) is 49.8 Å². The van der Waals surface area contributed by atoms with Crippen LogP contribution in [-0.4, -0.2) is 50.4 Å². The normalized spacial score (nSPS) is 14.6. The molecule has 0 saturated carbocycles. The average molecular weight is 443 g/mol. The van der Waals surface area contributed by atoms with E-state index in [9.17, 15) is 0 Å². The zero-order valence-electron chi connectivity index (χ0n) is 18.1. The van der Waals surface area contributed by atoms with Crippen LogP contribution in [0.25, 0.3) is 17.1 Å². The van der Waals surface area contributed by atoms with E-state index < -0.39 is 0 Å². The van der Waals surface area contributed by atoms with E-state index in [0.29, 0.717) is 11.4 Å². The molecule has 5 rings (SSSR count). The Kier molecular flexibility index (Phi) is 5.83. The smallest absolute Gasteiger partial charge is 0.204 e. The number of pyridine rings is 1. The summed E-state index contributed by atoms with van der Waals surface area (Å²) in [6, 6.07) is 22.8. The number of aromatic nitrogens is 4. The lowest BCUT2D eigenvalue weighted by atomic mass is 10.2. The first-order valence-electron chi connectivity index (χ1n) is 10.9. The van der Waals surface area contributed by atoms with Crippen molar-refractivity contribution >= 4 is 17.9 Å². The van der Waals surface area contributed by atoms with E-state index >= 15 is 0 Å². The first-order chi connectivity index (χ1) is 15.7. The summed E-state index contributed by atoms with van der Waals surface area (Å²) < 4.78 is 4.72. The minimum Gasteiger partial charge on any atom is -0.369 e. The molecule has 3 heterocycles. The maximum Gasteiger partial charge on any atom is 0.204 e. The number of benzene rings is 2. The van der Waals surface area contributed by atoms with E-state index in [0.717, 1.165) is 48.8 Å². The fraction of sp³-hybridized carbons (Fsp3) is 0.240. The van der Waals surface area contributed by atoms with Gasteiger partial charge in [-0.05, 0) is 55.0 Å². The van der Waals surface area contributed by atoms with E-state index in [1.165, 1.54) is 5.69 Å². The van der Waals surface area contributed by atoms with Crippen LogP contribution in [-0.2, 0) is 6.67 Å². The van der Waals surface area contributed by atoms with Crippen molar-refractivity contribution in [2.75, 3.05) is 31.1 Å². The van der Waals surface area contributed by atoms with Crippen molar-refractivity contribution in [3.8, 4) is 17.1 Å². The molecule has 2 aromatic carbocycles. The van der Waals surface area contributed by atoms with Crippen LogP contribution in [0.5, 0.6) is 0 Å². The van der Waals surface area contributed by atoms with Crippen LogP contribution >= 0.6 is 12.2 Å². The van der Waals surface area contributed by atoms with E-state index in [1.54, 1.807) is 6.20 Å². The zero-order valence-corrected chi connectivity index (χ0v) is 18.9. The molecule has 0 unspecified atom stereocenters. The van der Waals surface area contributed by atoms with Crippen LogP contribution in [0.15, 0.2) is 79.1 Å². The van der Waals surface area contributed by atoms with Gasteiger partial charge in [0.2, 0.25) is 4.77 Å². The molecule has 1 aliphatic heterocycles. The van der Waals surface area contributed by atoms with E-state index in [-0.39, 0.29) is 0 Å². The van der Waals surface area contributed by atoms with Gasteiger partial charge < -0.3 is 4.90 Å². The summed E-state index contributed by atoms with van der Waals surface area (Å²) in [6.45, 7) is 6.70. The topological polar surface area (TPSA) is 42.1 Å². The minimum absolute atomic E-state index is 0.674. The molecule has 1 saturated heterocycles. The molecule has 1 fully saturated rings. The Bertz CT molecular complexity index is 1240. The molecule has 0 radical (unpaired) electrons. The van der Waals surface area contributed by atoms with Crippen molar-refractivity contribution in [1.29, 1.82) is 0 Å². The SMILES string of the molecule is Cc1ccccc1-n1c(-c2cccnc2)nn(CN2CCN(c3ccccc3)CC2)c1=S. The number of aryl methyl sites for hydroxylation is 1. The molecule has 0 amide bonds. The van der Waals surface area contributed by atoms with Crippen LogP contribution in [0.2, 0.25) is 0 Å². The van der Waals surface area contributed by atoms with Crippen LogP contribution in [0.3, 0.4) is 0 Å². The number of hydrogen-bond acceptors (Lipinski definition) is 5. The molecule has 2 aromatic heterocycles. The predicted molar refractivity (Wildman–Crippen MR) is 131 cm³/mol. The van der Waals surface area contributed by atoms with Gasteiger partial charge in [-0.2, -0.15) is 0 Å². The zero-order chi connectivity index (χ0) is 21.9. The van der Waals surface area contributed by atoms with Crippen molar-refractivity contribution in [2.24, 2.45) is 0 Å². The summed E-state index contributed by atoms with van der Waals surface area (Å²) in [7, 11) is 0. The molecule has 32 heavy (non-hydrogen) atoms. The van der Waals surface area contributed by atoms with E-state index in [2.05, 4.69) is 68.7 Å². The molecule has 0 aliphatic carbocycles. The molecule has 7 heteroatoms. The van der Waals surface area contributed by atoms with Gasteiger partial charge in [-0.1, -0.05) is 36.4 Å². The molecule has 162 valence electrons. The highest BCUT2D eigenvalue weighted by atomic mass is 32.1. The highest BCUT2D eigenvalue weighted by Gasteiger charge is 2.21. The van der Waals surface area contributed by atoms with E-state index in [1.807, 2.05) is 35.1 Å². The Morgan fingerprint density at radius 3 is 2.34 bits per heavy atom. The third kappa shape index (κ3) is 4.09. The fourth-order valence-electron chi connectivity index (χ4n) is 4.19. The number of rotatable bonds is 5. The lowest BCUT2D eigenvalue weighted by Crippen LogP contribution is -2.47. The summed E-state index contributed by atoms with van der Waals surface area (Å²) in [4.78, 5) is 9.14. The number of para-hydroxylation sites is 2. The average Bonchev–Trinajstić information content (AvgIpc) is 3.17. The Hall–Kier alpha value is -3.29. The molecule has 0 spiro atoms. The van der Waals surface area contributed by atoms with Gasteiger partial charge >= 0.3 is 0 Å². The Labute approximate surface area is 193 Å². The van der Waals surface area contributed by atoms with Gasteiger partial charge in [-0.15, -0.1) is 5.10 Å². The molecule has 0 atom stereocenters. The number of hydrogen-bond donors (Lipinski definition) is 0. The number of nitrogens with zero attached hydrogens (tertiary/aromatic N) is 6. The molecule has 0 bridgehead atoms. The summed E-state index contributed by atoms with van der Waals surface area (Å²) in [6.07, 6.45) is 3.62. The van der Waals surface area contributed by atoms with Crippen molar-refractivity contribution in [2.45, 2.75) is 13.6 Å². The van der Waals surface area contributed by atoms with E-state index in [4.69, 9.17) is 17.3 Å². The second kappa shape index (κ2) is 9.06. The standard InChI is InChI=1S/C25H26N6S/c1-20-8-5-6-12-23(20)31-24(21-9-7-13-26-18-21)27-30(25(31)32)19-28-14-16-29(17-15-28)22-10-3-2-4-11-22/h2-13,18H,14-17,19H2,1H3. The van der Waals surface area contributed by atoms with Gasteiger partial charge in [0.15, 0.2) is 5.82 Å². The Balaban J connectivity index is 1.43. The third-order valence-corrected chi connectivity index (χ3v) is 6.34. The van der Waals surface area contributed by atoms with Crippen molar-refractivity contribution in [3.05, 3.63) is 89.5 Å². The monoisotopic (exact) mass is 442 g/mol. The molecule has 4 aromatic rings. The highest BCUT2D eigenvalue weighted by Crippen LogP contribution is 2.24. The summed E-state index contributed by atoms with van der Waals surface area (Å²) in [5.41, 5.74) is 4.45. The maximum absolute atomic E-state index is 5.93. The van der Waals surface area contributed by atoms with Gasteiger partial charge in [0.25, 0.3) is 0 Å². The highest BCUT2D eigenvalue weighted by molar-refractivity contribution is 7.71. The van der Waals surface area contributed by atoms with Gasteiger partial charge in [-0.25, -0.2) is 4.68 Å². The second-order valence-electron chi connectivity index (χ2n) is 8.05. The van der Waals surface area contributed by atoms with Gasteiger partial charge in [-0.3, -0.25) is 14.5 Å². The minimum atomic E-state index is 0.674. The summed E-state index contributed by atoms with van der Waals surface area (Å²) in [5, 5.41) is 4.95. The largest absolute Gasteiger partial charge is 0.369 e. The van der Waals surface area contributed by atoms with Crippen LogP contribution in [0.1, 0.15) is 5.56 Å². The maximum atomic E-state index is 5.93. The Morgan fingerprint density at radius 1 is 0.875 bits per heavy atom. The quantitative estimate of drug-likeness (QED) is 0.424. The van der Waals surface area contributed by atoms with Gasteiger partial charge in [0.05, 0.1) is 12.4 Å². The fourth-order valence-corrected chi connectivity index (χ4v) is 4.47. The van der Waals surface area contributed by atoms with Gasteiger partial charge in [0.1, 0.15) is 0 Å². The molecular weight excluding hydrogens is 416 g/mol. The summed E-state index contributed by atoms with van der Waals surface area (Å²) in [5.74, 6) is 0.820. The van der Waals surface area contributed by atoms with Crippen molar-refractivity contribution < 1.29 is 0 Å². The third-order valence-electron chi connectivity index (χ3n) is 5.94. The lowest BCUT2D eigenvalue weighted by Gasteiger charge is -2.35. The number of anilines is 1. The molecule has 0 N–H and O–H groups in total. The first-order valence-corrected chi connectivity index (χ1v) is 11.3. The molecular formula is C25H26N6S. The Morgan fingerprint density at radius 2 is 1.62 bits per heavy atom. The molecule has 1 aliphatic rings. The lowest BCUT2D eigenvalue weighted by molar-refractivity contribution is 0.194. The second-order valence-corrected chi connectivity index (χ2v) is 8.42.